The number of hydrogen-bond acceptors (Lipinski definition) is 0. The molecule has 162 valence electrons. The van der Waals surface area contributed by atoms with Crippen molar-refractivity contribution in [1.29, 1.82) is 0 Å². The Morgan fingerprint density at radius 2 is 1.20 bits per heavy atom. The van der Waals surface area contributed by atoms with Gasteiger partial charge in [-0.25, -0.2) is 0 Å². The van der Waals surface area contributed by atoms with Gasteiger partial charge in [-0.05, 0) is 155 Å². The Kier molecular flexibility index (Phi) is 6.71. The summed E-state index contributed by atoms with van der Waals surface area (Å²) in [7, 11) is 0. The normalized spacial score (nSPS) is 27.2. The molecule has 0 unspecified atom stereocenters. The van der Waals surface area contributed by atoms with Crippen molar-refractivity contribution >= 4 is 0 Å². The largest absolute Gasteiger partial charge is 0.0617 e. The highest BCUT2D eigenvalue weighted by molar-refractivity contribution is 5.40. The molecule has 0 spiro atoms. The average molecular weight is 403 g/mol. The third-order valence-electron chi connectivity index (χ3n) is 9.10. The predicted molar refractivity (Wildman–Crippen MR) is 130 cm³/mol. The van der Waals surface area contributed by atoms with Gasteiger partial charge in [-0.3, -0.25) is 0 Å². The summed E-state index contributed by atoms with van der Waals surface area (Å²) in [5.74, 6) is 3.72. The molecule has 0 aliphatic heterocycles. The van der Waals surface area contributed by atoms with Crippen molar-refractivity contribution in [1.82, 2.24) is 0 Å². The van der Waals surface area contributed by atoms with Gasteiger partial charge in [-0.2, -0.15) is 0 Å². The van der Waals surface area contributed by atoms with E-state index in [9.17, 15) is 0 Å². The molecule has 2 fully saturated rings. The SMILES string of the molecule is Cc1cccc(CC2CCC(C3CCC(c4ccc(C)c(C)c4C)CC3)CC2)c1C. The van der Waals surface area contributed by atoms with Crippen molar-refractivity contribution in [2.75, 3.05) is 0 Å². The molecular formula is C30H42. The fraction of sp³-hybridized carbons (Fsp3) is 0.600. The summed E-state index contributed by atoms with van der Waals surface area (Å²) >= 11 is 0. The van der Waals surface area contributed by atoms with Crippen LogP contribution in [0.3, 0.4) is 0 Å². The van der Waals surface area contributed by atoms with E-state index in [2.05, 4.69) is 65.0 Å². The molecule has 2 aliphatic carbocycles. The summed E-state index contributed by atoms with van der Waals surface area (Å²) in [5.41, 5.74) is 10.7. The lowest BCUT2D eigenvalue weighted by Gasteiger charge is -2.38. The summed E-state index contributed by atoms with van der Waals surface area (Å²) in [4.78, 5) is 0. The molecule has 30 heavy (non-hydrogen) atoms. The first-order valence-electron chi connectivity index (χ1n) is 12.6. The van der Waals surface area contributed by atoms with E-state index >= 15 is 0 Å². The Morgan fingerprint density at radius 3 is 1.87 bits per heavy atom. The number of benzene rings is 2. The molecule has 0 heterocycles. The van der Waals surface area contributed by atoms with E-state index in [4.69, 9.17) is 0 Å². The van der Waals surface area contributed by atoms with Crippen LogP contribution in [0.5, 0.6) is 0 Å². The third kappa shape index (κ3) is 4.53. The van der Waals surface area contributed by atoms with Crippen LogP contribution < -0.4 is 0 Å². The van der Waals surface area contributed by atoms with Gasteiger partial charge >= 0.3 is 0 Å². The van der Waals surface area contributed by atoms with Crippen LogP contribution in [0.25, 0.3) is 0 Å². The van der Waals surface area contributed by atoms with Gasteiger partial charge in [-0.15, -0.1) is 0 Å². The van der Waals surface area contributed by atoms with Crippen molar-refractivity contribution in [3.63, 3.8) is 0 Å². The highest BCUT2D eigenvalue weighted by atomic mass is 14.4. The zero-order valence-corrected chi connectivity index (χ0v) is 20.1. The first-order chi connectivity index (χ1) is 14.4. The summed E-state index contributed by atoms with van der Waals surface area (Å²) in [6.45, 7) is 11.5. The van der Waals surface area contributed by atoms with Crippen LogP contribution in [0.1, 0.15) is 96.2 Å². The molecule has 0 N–H and O–H groups in total. The average Bonchev–Trinajstić information content (AvgIpc) is 2.76. The van der Waals surface area contributed by atoms with Crippen molar-refractivity contribution in [3.05, 3.63) is 69.3 Å². The van der Waals surface area contributed by atoms with E-state index in [0.29, 0.717) is 0 Å². The summed E-state index contributed by atoms with van der Waals surface area (Å²) in [5, 5.41) is 0. The summed E-state index contributed by atoms with van der Waals surface area (Å²) in [6.07, 6.45) is 12.9. The van der Waals surface area contributed by atoms with Crippen molar-refractivity contribution in [2.45, 2.75) is 98.3 Å². The zero-order chi connectivity index (χ0) is 21.3. The molecule has 0 nitrogen and oxygen atoms in total. The second-order valence-electron chi connectivity index (χ2n) is 10.7. The first-order valence-corrected chi connectivity index (χ1v) is 12.6. The second-order valence-corrected chi connectivity index (χ2v) is 10.7. The molecule has 0 bridgehead atoms. The van der Waals surface area contributed by atoms with Crippen molar-refractivity contribution in [3.8, 4) is 0 Å². The zero-order valence-electron chi connectivity index (χ0n) is 20.1. The molecular weight excluding hydrogens is 360 g/mol. The minimum atomic E-state index is 0.807. The number of hydrogen-bond donors (Lipinski definition) is 0. The van der Waals surface area contributed by atoms with E-state index in [-0.39, 0.29) is 0 Å². The Bertz CT molecular complexity index is 858. The number of aryl methyl sites for hydroxylation is 2. The molecule has 0 atom stereocenters. The van der Waals surface area contributed by atoms with E-state index in [1.54, 1.807) is 16.7 Å². The van der Waals surface area contributed by atoms with Gasteiger partial charge in [0, 0.05) is 0 Å². The summed E-state index contributed by atoms with van der Waals surface area (Å²) in [6, 6.07) is 11.6. The molecule has 0 saturated heterocycles. The highest BCUT2D eigenvalue weighted by Gasteiger charge is 2.32. The lowest BCUT2D eigenvalue weighted by Crippen LogP contribution is -2.26. The maximum Gasteiger partial charge on any atom is -0.0159 e. The molecule has 0 heteroatoms. The third-order valence-corrected chi connectivity index (χ3v) is 9.10. The lowest BCUT2D eigenvalue weighted by molar-refractivity contribution is 0.159. The van der Waals surface area contributed by atoms with Crippen LogP contribution in [-0.2, 0) is 6.42 Å². The molecule has 2 aromatic rings. The van der Waals surface area contributed by atoms with Crippen LogP contribution in [0.4, 0.5) is 0 Å². The van der Waals surface area contributed by atoms with Gasteiger partial charge in [0.05, 0.1) is 0 Å². The predicted octanol–water partition coefficient (Wildman–Crippen LogP) is 8.55. The van der Waals surface area contributed by atoms with Gasteiger partial charge in [0.25, 0.3) is 0 Å². The van der Waals surface area contributed by atoms with Gasteiger partial charge in [0.2, 0.25) is 0 Å². The maximum absolute atomic E-state index is 2.43. The number of rotatable bonds is 4. The fourth-order valence-electron chi connectivity index (χ4n) is 6.53. The van der Waals surface area contributed by atoms with E-state index in [1.807, 2.05) is 0 Å². The van der Waals surface area contributed by atoms with Gasteiger partial charge in [0.1, 0.15) is 0 Å². The van der Waals surface area contributed by atoms with E-state index in [1.165, 1.54) is 80.0 Å². The molecule has 2 aromatic carbocycles. The molecule has 4 rings (SSSR count). The van der Waals surface area contributed by atoms with E-state index < -0.39 is 0 Å². The van der Waals surface area contributed by atoms with Crippen molar-refractivity contribution < 1.29 is 0 Å². The van der Waals surface area contributed by atoms with Crippen LogP contribution in [-0.4, -0.2) is 0 Å². The quantitative estimate of drug-likeness (QED) is 0.480. The van der Waals surface area contributed by atoms with Crippen LogP contribution in [0.15, 0.2) is 30.3 Å². The maximum atomic E-state index is 2.43. The second kappa shape index (κ2) is 9.29. The molecule has 0 radical (unpaired) electrons. The Balaban J connectivity index is 1.29. The molecule has 2 aliphatic rings. The van der Waals surface area contributed by atoms with Crippen molar-refractivity contribution in [2.24, 2.45) is 17.8 Å². The van der Waals surface area contributed by atoms with Crippen LogP contribution in [0.2, 0.25) is 0 Å². The van der Waals surface area contributed by atoms with Crippen LogP contribution in [0, 0.1) is 52.4 Å². The van der Waals surface area contributed by atoms with Gasteiger partial charge < -0.3 is 0 Å². The minimum Gasteiger partial charge on any atom is -0.0617 e. The fourth-order valence-corrected chi connectivity index (χ4v) is 6.53. The van der Waals surface area contributed by atoms with Gasteiger partial charge in [0.15, 0.2) is 0 Å². The standard InChI is InChI=1S/C30H42/c1-20-7-6-8-29(23(20)4)19-25-10-12-26(13-11-25)27-14-16-28(17-15-27)30-18-9-21(2)22(3)24(30)5/h6-9,18,25-28H,10-17,19H2,1-5H3. The topological polar surface area (TPSA) is 0 Å². The Hall–Kier alpha value is -1.56. The van der Waals surface area contributed by atoms with Gasteiger partial charge in [-0.1, -0.05) is 30.3 Å². The molecule has 2 saturated carbocycles. The minimum absolute atomic E-state index is 0.807. The lowest BCUT2D eigenvalue weighted by atomic mass is 9.67. The Morgan fingerprint density at radius 1 is 0.600 bits per heavy atom. The summed E-state index contributed by atoms with van der Waals surface area (Å²) < 4.78 is 0. The molecule has 0 aromatic heterocycles. The molecule has 0 amide bonds. The Labute approximate surface area is 185 Å². The smallest absolute Gasteiger partial charge is 0.0159 e. The monoisotopic (exact) mass is 402 g/mol. The first kappa shape index (κ1) is 21.7. The van der Waals surface area contributed by atoms with Crippen LogP contribution >= 0.6 is 0 Å². The van der Waals surface area contributed by atoms with E-state index in [0.717, 1.165) is 23.7 Å². The highest BCUT2D eigenvalue weighted by Crippen LogP contribution is 2.45.